The normalized spacial score (nSPS) is 22.7. The van der Waals surface area contributed by atoms with Crippen molar-refractivity contribution >= 4 is 5.78 Å². The first-order chi connectivity index (χ1) is 8.69. The molecule has 0 aromatic heterocycles. The standard InChI is InChI=1S/C16H21NO/c17-16(10-1-2-11-16)15(18)14-8-6-13(7-9-14)12-4-3-5-12/h6-9,12H,1-5,10-11,17H2. The Bertz CT molecular complexity index is 439. The maximum atomic E-state index is 12.4. The lowest BCUT2D eigenvalue weighted by Crippen LogP contribution is -2.45. The number of hydrogen-bond acceptors (Lipinski definition) is 2. The summed E-state index contributed by atoms with van der Waals surface area (Å²) in [7, 11) is 0. The fraction of sp³-hybridized carbons (Fsp3) is 0.562. The number of Topliss-reactive ketones (excluding diaryl/α,β-unsaturated/α-hetero) is 1. The molecular weight excluding hydrogens is 222 g/mol. The smallest absolute Gasteiger partial charge is 0.182 e. The number of rotatable bonds is 3. The van der Waals surface area contributed by atoms with Crippen molar-refractivity contribution in [2.45, 2.75) is 56.4 Å². The fourth-order valence-corrected chi connectivity index (χ4v) is 3.17. The summed E-state index contributed by atoms with van der Waals surface area (Å²) in [6, 6.07) is 8.19. The Morgan fingerprint density at radius 2 is 1.67 bits per heavy atom. The van der Waals surface area contributed by atoms with Crippen molar-refractivity contribution in [2.75, 3.05) is 0 Å². The zero-order chi connectivity index (χ0) is 12.6. The Morgan fingerprint density at radius 3 is 2.17 bits per heavy atom. The van der Waals surface area contributed by atoms with Crippen LogP contribution in [-0.2, 0) is 0 Å². The topological polar surface area (TPSA) is 43.1 Å². The van der Waals surface area contributed by atoms with Gasteiger partial charge in [-0.3, -0.25) is 4.79 Å². The molecule has 0 bridgehead atoms. The molecule has 0 saturated heterocycles. The van der Waals surface area contributed by atoms with E-state index in [9.17, 15) is 4.79 Å². The second-order valence-corrected chi connectivity index (χ2v) is 5.94. The van der Waals surface area contributed by atoms with Crippen LogP contribution in [0.15, 0.2) is 24.3 Å². The molecular formula is C16H21NO. The SMILES string of the molecule is NC1(C(=O)c2ccc(C3CCC3)cc2)CCCC1. The van der Waals surface area contributed by atoms with E-state index in [2.05, 4.69) is 12.1 Å². The first kappa shape index (κ1) is 11.9. The van der Waals surface area contributed by atoms with E-state index in [-0.39, 0.29) is 5.78 Å². The lowest BCUT2D eigenvalue weighted by Gasteiger charge is -2.26. The van der Waals surface area contributed by atoms with Gasteiger partial charge in [-0.2, -0.15) is 0 Å². The highest BCUT2D eigenvalue weighted by atomic mass is 16.1. The molecule has 2 fully saturated rings. The zero-order valence-electron chi connectivity index (χ0n) is 10.8. The van der Waals surface area contributed by atoms with Gasteiger partial charge in [-0.15, -0.1) is 0 Å². The summed E-state index contributed by atoms with van der Waals surface area (Å²) in [5, 5.41) is 0. The Labute approximate surface area is 109 Å². The van der Waals surface area contributed by atoms with Crippen LogP contribution in [-0.4, -0.2) is 11.3 Å². The fourth-order valence-electron chi connectivity index (χ4n) is 3.17. The van der Waals surface area contributed by atoms with Crippen LogP contribution in [0.5, 0.6) is 0 Å². The van der Waals surface area contributed by atoms with E-state index >= 15 is 0 Å². The van der Waals surface area contributed by atoms with Crippen molar-refractivity contribution in [1.82, 2.24) is 0 Å². The summed E-state index contributed by atoms with van der Waals surface area (Å²) < 4.78 is 0. The third-order valence-corrected chi connectivity index (χ3v) is 4.70. The van der Waals surface area contributed by atoms with E-state index in [4.69, 9.17) is 5.73 Å². The predicted molar refractivity (Wildman–Crippen MR) is 72.8 cm³/mol. The van der Waals surface area contributed by atoms with Gasteiger partial charge in [0.25, 0.3) is 0 Å². The molecule has 18 heavy (non-hydrogen) atoms. The van der Waals surface area contributed by atoms with Gasteiger partial charge < -0.3 is 5.73 Å². The first-order valence-electron chi connectivity index (χ1n) is 7.13. The lowest BCUT2D eigenvalue weighted by molar-refractivity contribution is 0.0892. The highest BCUT2D eigenvalue weighted by Crippen LogP contribution is 2.36. The predicted octanol–water partition coefficient (Wildman–Crippen LogP) is 3.41. The molecule has 2 aliphatic carbocycles. The molecule has 0 radical (unpaired) electrons. The van der Waals surface area contributed by atoms with E-state index in [1.165, 1.54) is 24.8 Å². The quantitative estimate of drug-likeness (QED) is 0.827. The van der Waals surface area contributed by atoms with Crippen LogP contribution in [0.25, 0.3) is 0 Å². The summed E-state index contributed by atoms with van der Waals surface area (Å²) in [6.45, 7) is 0. The molecule has 1 aromatic rings. The van der Waals surface area contributed by atoms with E-state index < -0.39 is 5.54 Å². The molecule has 0 spiro atoms. The molecule has 0 atom stereocenters. The average Bonchev–Trinajstić information content (AvgIpc) is 2.75. The molecule has 0 amide bonds. The van der Waals surface area contributed by atoms with E-state index in [1.54, 1.807) is 0 Å². The van der Waals surface area contributed by atoms with Gasteiger partial charge in [0.15, 0.2) is 5.78 Å². The molecule has 2 saturated carbocycles. The van der Waals surface area contributed by atoms with Crippen LogP contribution in [0.2, 0.25) is 0 Å². The van der Waals surface area contributed by atoms with E-state index in [0.29, 0.717) is 0 Å². The van der Waals surface area contributed by atoms with Crippen molar-refractivity contribution in [2.24, 2.45) is 5.73 Å². The molecule has 2 aliphatic rings. The van der Waals surface area contributed by atoms with Gasteiger partial charge in [-0.05, 0) is 37.2 Å². The zero-order valence-corrected chi connectivity index (χ0v) is 10.8. The van der Waals surface area contributed by atoms with Crippen LogP contribution in [0.4, 0.5) is 0 Å². The van der Waals surface area contributed by atoms with Gasteiger partial charge in [0.2, 0.25) is 0 Å². The third kappa shape index (κ3) is 1.99. The highest BCUT2D eigenvalue weighted by molar-refractivity contribution is 6.03. The van der Waals surface area contributed by atoms with Crippen molar-refractivity contribution in [3.05, 3.63) is 35.4 Å². The minimum Gasteiger partial charge on any atom is -0.319 e. The second kappa shape index (κ2) is 4.51. The van der Waals surface area contributed by atoms with Crippen molar-refractivity contribution in [3.63, 3.8) is 0 Å². The first-order valence-corrected chi connectivity index (χ1v) is 7.13. The van der Waals surface area contributed by atoms with E-state index in [1.807, 2.05) is 12.1 Å². The number of benzene rings is 1. The molecule has 0 heterocycles. The lowest BCUT2D eigenvalue weighted by atomic mass is 9.79. The maximum Gasteiger partial charge on any atom is 0.182 e. The Morgan fingerprint density at radius 1 is 1.06 bits per heavy atom. The average molecular weight is 243 g/mol. The largest absolute Gasteiger partial charge is 0.319 e. The highest BCUT2D eigenvalue weighted by Gasteiger charge is 2.37. The van der Waals surface area contributed by atoms with Crippen molar-refractivity contribution in [3.8, 4) is 0 Å². The Balaban J connectivity index is 1.77. The summed E-state index contributed by atoms with van der Waals surface area (Å²) >= 11 is 0. The minimum atomic E-state index is -0.585. The maximum absolute atomic E-state index is 12.4. The van der Waals surface area contributed by atoms with Crippen LogP contribution in [0.3, 0.4) is 0 Å². The molecule has 2 nitrogen and oxygen atoms in total. The van der Waals surface area contributed by atoms with E-state index in [0.717, 1.165) is 37.2 Å². The molecule has 96 valence electrons. The summed E-state index contributed by atoms with van der Waals surface area (Å²) in [6.07, 6.45) is 7.80. The monoisotopic (exact) mass is 243 g/mol. The van der Waals surface area contributed by atoms with Crippen LogP contribution in [0, 0.1) is 0 Å². The van der Waals surface area contributed by atoms with Gasteiger partial charge >= 0.3 is 0 Å². The summed E-state index contributed by atoms with van der Waals surface area (Å²) in [4.78, 5) is 12.4. The number of carbonyl (C=O) groups excluding carboxylic acids is 1. The number of nitrogens with two attached hydrogens (primary N) is 1. The van der Waals surface area contributed by atoms with Gasteiger partial charge in [0.1, 0.15) is 0 Å². The number of ketones is 1. The van der Waals surface area contributed by atoms with Gasteiger partial charge in [-0.25, -0.2) is 0 Å². The van der Waals surface area contributed by atoms with Crippen molar-refractivity contribution in [1.29, 1.82) is 0 Å². The Kier molecular flexibility index (Phi) is 2.98. The van der Waals surface area contributed by atoms with Crippen LogP contribution < -0.4 is 5.73 Å². The molecule has 0 unspecified atom stereocenters. The van der Waals surface area contributed by atoms with Crippen molar-refractivity contribution < 1.29 is 4.79 Å². The Hall–Kier alpha value is -1.15. The summed E-state index contributed by atoms with van der Waals surface area (Å²) in [5.41, 5.74) is 7.81. The van der Waals surface area contributed by atoms with Crippen LogP contribution in [0.1, 0.15) is 66.8 Å². The molecule has 1 aromatic carbocycles. The molecule has 2 N–H and O–H groups in total. The molecule has 0 aliphatic heterocycles. The van der Waals surface area contributed by atoms with Gasteiger partial charge in [-0.1, -0.05) is 43.5 Å². The second-order valence-electron chi connectivity index (χ2n) is 5.94. The third-order valence-electron chi connectivity index (χ3n) is 4.70. The summed E-state index contributed by atoms with van der Waals surface area (Å²) in [5.74, 6) is 0.868. The van der Waals surface area contributed by atoms with Gasteiger partial charge in [0, 0.05) is 5.56 Å². The number of hydrogen-bond donors (Lipinski definition) is 1. The number of carbonyl (C=O) groups is 1. The van der Waals surface area contributed by atoms with Crippen LogP contribution >= 0.6 is 0 Å². The minimum absolute atomic E-state index is 0.139. The molecule has 2 heteroatoms. The molecule has 3 rings (SSSR count). The van der Waals surface area contributed by atoms with Gasteiger partial charge in [0.05, 0.1) is 5.54 Å².